The predicted octanol–water partition coefficient (Wildman–Crippen LogP) is 4.87. The maximum Gasteiger partial charge on any atom is 0.434 e. The average Bonchev–Trinajstić information content (AvgIpc) is 2.87. The van der Waals surface area contributed by atoms with Crippen LogP contribution in [-0.4, -0.2) is 9.78 Å². The van der Waals surface area contributed by atoms with Crippen molar-refractivity contribution >= 4 is 0 Å². The summed E-state index contributed by atoms with van der Waals surface area (Å²) in [6.07, 6.45) is -4.50. The lowest BCUT2D eigenvalue weighted by Gasteiger charge is -2.13. The van der Waals surface area contributed by atoms with Crippen LogP contribution < -0.4 is 0 Å². The monoisotopic (exact) mass is 302 g/mol. The second-order valence-corrected chi connectivity index (χ2v) is 4.92. The van der Waals surface area contributed by atoms with Crippen LogP contribution in [0, 0.1) is 6.92 Å². The van der Waals surface area contributed by atoms with E-state index in [4.69, 9.17) is 0 Å². The lowest BCUT2D eigenvalue weighted by Crippen LogP contribution is -2.14. The molecule has 1 aromatic heterocycles. The van der Waals surface area contributed by atoms with E-state index in [1.165, 1.54) is 0 Å². The number of halogens is 3. The normalized spacial score (nSPS) is 11.6. The third-order valence-corrected chi connectivity index (χ3v) is 3.39. The van der Waals surface area contributed by atoms with Crippen LogP contribution in [0.2, 0.25) is 0 Å². The fraction of sp³-hybridized carbons (Fsp3) is 0.118. The molecule has 0 aliphatic carbocycles. The number of alkyl halides is 3. The van der Waals surface area contributed by atoms with Crippen LogP contribution in [0.25, 0.3) is 16.8 Å². The van der Waals surface area contributed by atoms with Gasteiger partial charge in [0.2, 0.25) is 0 Å². The molecule has 1 heterocycles. The van der Waals surface area contributed by atoms with Crippen LogP contribution in [0.15, 0.2) is 60.7 Å². The van der Waals surface area contributed by atoms with Crippen LogP contribution in [0.3, 0.4) is 0 Å². The molecule has 0 amide bonds. The molecule has 0 saturated carbocycles. The van der Waals surface area contributed by atoms with Gasteiger partial charge in [-0.25, -0.2) is 4.68 Å². The first kappa shape index (κ1) is 14.4. The Morgan fingerprint density at radius 2 is 1.41 bits per heavy atom. The van der Waals surface area contributed by atoms with Gasteiger partial charge in [0.05, 0.1) is 11.4 Å². The van der Waals surface area contributed by atoms with Crippen molar-refractivity contribution in [1.29, 1.82) is 0 Å². The lowest BCUT2D eigenvalue weighted by molar-refractivity contribution is -0.142. The van der Waals surface area contributed by atoms with Crippen molar-refractivity contribution in [3.63, 3.8) is 0 Å². The minimum Gasteiger partial charge on any atom is -0.228 e. The quantitative estimate of drug-likeness (QED) is 0.660. The Kier molecular flexibility index (Phi) is 3.48. The lowest BCUT2D eigenvalue weighted by atomic mass is 10.0. The maximum absolute atomic E-state index is 13.6. The zero-order chi connectivity index (χ0) is 15.7. The third kappa shape index (κ3) is 2.50. The molecule has 2 nitrogen and oxygen atoms in total. The van der Waals surface area contributed by atoms with Gasteiger partial charge in [0, 0.05) is 5.56 Å². The molecule has 0 N–H and O–H groups in total. The Morgan fingerprint density at radius 3 is 1.95 bits per heavy atom. The van der Waals surface area contributed by atoms with E-state index in [0.29, 0.717) is 16.9 Å². The third-order valence-electron chi connectivity index (χ3n) is 3.39. The number of hydrogen-bond donors (Lipinski definition) is 0. The summed E-state index contributed by atoms with van der Waals surface area (Å²) in [5.41, 5.74) is 0.622. The number of nitrogens with zero attached hydrogens (tertiary/aromatic N) is 2. The molecule has 0 aliphatic rings. The van der Waals surface area contributed by atoms with Crippen LogP contribution >= 0.6 is 0 Å². The molecule has 0 aliphatic heterocycles. The smallest absolute Gasteiger partial charge is 0.228 e. The summed E-state index contributed by atoms with van der Waals surface area (Å²) in [5.74, 6) is 0. The van der Waals surface area contributed by atoms with Crippen molar-refractivity contribution in [3.05, 3.63) is 72.1 Å². The minimum atomic E-state index is -4.50. The molecule has 0 spiro atoms. The first-order chi connectivity index (χ1) is 10.5. The summed E-state index contributed by atoms with van der Waals surface area (Å²) in [6.45, 7) is 1.59. The molecule has 0 radical (unpaired) electrons. The molecule has 112 valence electrons. The Labute approximate surface area is 125 Å². The van der Waals surface area contributed by atoms with Crippen molar-refractivity contribution in [2.75, 3.05) is 0 Å². The SMILES string of the molecule is Cc1nn(-c2ccccc2)c(C(F)(F)F)c1-c1ccccc1. The zero-order valence-corrected chi connectivity index (χ0v) is 11.8. The van der Waals surface area contributed by atoms with E-state index in [2.05, 4.69) is 5.10 Å². The maximum atomic E-state index is 13.6. The van der Waals surface area contributed by atoms with Gasteiger partial charge in [-0.3, -0.25) is 0 Å². The zero-order valence-electron chi connectivity index (χ0n) is 11.8. The van der Waals surface area contributed by atoms with Crippen LogP contribution in [0.5, 0.6) is 0 Å². The van der Waals surface area contributed by atoms with E-state index in [9.17, 15) is 13.2 Å². The van der Waals surface area contributed by atoms with Crippen molar-refractivity contribution in [2.24, 2.45) is 0 Å². The van der Waals surface area contributed by atoms with E-state index in [-0.39, 0.29) is 5.56 Å². The van der Waals surface area contributed by atoms with Gasteiger partial charge in [-0.1, -0.05) is 48.5 Å². The molecule has 0 saturated heterocycles. The first-order valence-corrected chi connectivity index (χ1v) is 6.76. The molecule has 3 rings (SSSR count). The van der Waals surface area contributed by atoms with Crippen molar-refractivity contribution in [3.8, 4) is 16.8 Å². The van der Waals surface area contributed by atoms with Crippen molar-refractivity contribution in [2.45, 2.75) is 13.1 Å². The second-order valence-electron chi connectivity index (χ2n) is 4.92. The molecular formula is C17H13F3N2. The van der Waals surface area contributed by atoms with Gasteiger partial charge < -0.3 is 0 Å². The number of rotatable bonds is 2. The molecule has 0 atom stereocenters. The van der Waals surface area contributed by atoms with E-state index in [1.54, 1.807) is 67.6 Å². The van der Waals surface area contributed by atoms with Crippen LogP contribution in [-0.2, 0) is 6.18 Å². The Balaban J connectivity index is 2.30. The van der Waals surface area contributed by atoms with E-state index in [0.717, 1.165) is 4.68 Å². The fourth-order valence-electron chi connectivity index (χ4n) is 2.50. The highest BCUT2D eigenvalue weighted by Crippen LogP contribution is 2.40. The number of aromatic nitrogens is 2. The number of hydrogen-bond acceptors (Lipinski definition) is 1. The van der Waals surface area contributed by atoms with Gasteiger partial charge in [-0.15, -0.1) is 0 Å². The molecule has 2 aromatic carbocycles. The Morgan fingerprint density at radius 1 is 0.864 bits per heavy atom. The molecule has 0 fully saturated rings. The second kappa shape index (κ2) is 5.33. The summed E-state index contributed by atoms with van der Waals surface area (Å²) in [7, 11) is 0. The van der Waals surface area contributed by atoms with Gasteiger partial charge in [0.25, 0.3) is 0 Å². The van der Waals surface area contributed by atoms with Gasteiger partial charge in [-0.05, 0) is 24.6 Å². The molecular weight excluding hydrogens is 289 g/mol. The fourth-order valence-corrected chi connectivity index (χ4v) is 2.50. The van der Waals surface area contributed by atoms with Crippen molar-refractivity contribution < 1.29 is 13.2 Å². The van der Waals surface area contributed by atoms with E-state index < -0.39 is 11.9 Å². The van der Waals surface area contributed by atoms with Crippen LogP contribution in [0.4, 0.5) is 13.2 Å². The Bertz CT molecular complexity index is 775. The standard InChI is InChI=1S/C17H13F3N2/c1-12-15(13-8-4-2-5-9-13)16(17(18,19)20)22(21-12)14-10-6-3-7-11-14/h2-11H,1H3. The van der Waals surface area contributed by atoms with Crippen LogP contribution in [0.1, 0.15) is 11.4 Å². The van der Waals surface area contributed by atoms with Gasteiger partial charge in [0.15, 0.2) is 5.69 Å². The van der Waals surface area contributed by atoms with Gasteiger partial charge in [-0.2, -0.15) is 18.3 Å². The van der Waals surface area contributed by atoms with Crippen molar-refractivity contribution in [1.82, 2.24) is 9.78 Å². The summed E-state index contributed by atoms with van der Waals surface area (Å²) >= 11 is 0. The Hall–Kier alpha value is -2.56. The highest BCUT2D eigenvalue weighted by Gasteiger charge is 2.40. The highest BCUT2D eigenvalue weighted by atomic mass is 19.4. The predicted molar refractivity (Wildman–Crippen MR) is 78.7 cm³/mol. The average molecular weight is 302 g/mol. The minimum absolute atomic E-state index is 0.122. The number of para-hydroxylation sites is 1. The molecule has 3 aromatic rings. The molecule has 22 heavy (non-hydrogen) atoms. The summed E-state index contributed by atoms with van der Waals surface area (Å²) < 4.78 is 41.9. The highest BCUT2D eigenvalue weighted by molar-refractivity contribution is 5.70. The van der Waals surface area contributed by atoms with Gasteiger partial charge >= 0.3 is 6.18 Å². The number of benzene rings is 2. The number of aryl methyl sites for hydroxylation is 1. The first-order valence-electron chi connectivity index (χ1n) is 6.76. The largest absolute Gasteiger partial charge is 0.434 e. The summed E-state index contributed by atoms with van der Waals surface area (Å²) in [6, 6.07) is 16.9. The topological polar surface area (TPSA) is 17.8 Å². The summed E-state index contributed by atoms with van der Waals surface area (Å²) in [4.78, 5) is 0. The molecule has 0 bridgehead atoms. The van der Waals surface area contributed by atoms with E-state index in [1.807, 2.05) is 0 Å². The van der Waals surface area contributed by atoms with Gasteiger partial charge in [0.1, 0.15) is 0 Å². The molecule has 0 unspecified atom stereocenters. The summed E-state index contributed by atoms with van der Waals surface area (Å²) in [5, 5.41) is 4.12. The van der Waals surface area contributed by atoms with E-state index >= 15 is 0 Å². The molecule has 5 heteroatoms.